The van der Waals surface area contributed by atoms with E-state index in [1.54, 1.807) is 0 Å². The quantitative estimate of drug-likeness (QED) is 0.491. The van der Waals surface area contributed by atoms with E-state index >= 15 is 0 Å². The van der Waals surface area contributed by atoms with Crippen LogP contribution in [0.3, 0.4) is 0 Å². The molecule has 0 N–H and O–H groups in total. The van der Waals surface area contributed by atoms with Gasteiger partial charge in [-0.05, 0) is 25.0 Å². The van der Waals surface area contributed by atoms with Gasteiger partial charge in [-0.2, -0.15) is 0 Å². The Bertz CT molecular complexity index is 158. The fraction of sp³-hybridized carbons (Fsp3) is 0.500. The van der Waals surface area contributed by atoms with Gasteiger partial charge >= 0.3 is 0 Å². The lowest BCUT2D eigenvalue weighted by Crippen LogP contribution is -1.79. The highest BCUT2D eigenvalue weighted by Crippen LogP contribution is 2.10. The molecule has 0 aliphatic rings. The lowest BCUT2D eigenvalue weighted by Gasteiger charge is -1.98. The van der Waals surface area contributed by atoms with Crippen LogP contribution in [0.25, 0.3) is 0 Å². The maximum absolute atomic E-state index is 3.69. The Kier molecular flexibility index (Phi) is 44.3. The first-order valence-corrected chi connectivity index (χ1v) is 6.38. The molecule has 0 nitrogen and oxygen atoms in total. The number of hydrogen-bond acceptors (Lipinski definition) is 0. The van der Waals surface area contributed by atoms with Crippen LogP contribution in [0.2, 0.25) is 0 Å². The molecule has 0 radical (unpaired) electrons. The van der Waals surface area contributed by atoms with E-state index in [0.717, 1.165) is 11.1 Å². The Morgan fingerprint density at radius 3 is 0.875 bits per heavy atom. The van der Waals surface area contributed by atoms with Crippen LogP contribution >= 0.6 is 0 Å². The van der Waals surface area contributed by atoms with E-state index in [4.69, 9.17) is 0 Å². The Morgan fingerprint density at radius 2 is 0.812 bits per heavy atom. The van der Waals surface area contributed by atoms with Crippen LogP contribution in [0.1, 0.15) is 55.4 Å². The van der Waals surface area contributed by atoms with Gasteiger partial charge in [0.05, 0.1) is 0 Å². The van der Waals surface area contributed by atoms with Crippen molar-refractivity contribution in [3.8, 4) is 0 Å². The summed E-state index contributed by atoms with van der Waals surface area (Å²) in [6.45, 7) is 23.4. The molecule has 16 heavy (non-hydrogen) atoms. The first kappa shape index (κ1) is 24.3. The Labute approximate surface area is 104 Å². The molecule has 0 aromatic rings. The van der Waals surface area contributed by atoms with Gasteiger partial charge in [0.25, 0.3) is 0 Å². The molecular weight excluding hydrogens is 192 g/mol. The highest BCUT2D eigenvalue weighted by molar-refractivity contribution is 5.44. The van der Waals surface area contributed by atoms with Crippen molar-refractivity contribution in [3.05, 3.63) is 48.6 Å². The predicted molar refractivity (Wildman–Crippen MR) is 82.0 cm³/mol. The summed E-state index contributed by atoms with van der Waals surface area (Å²) in [7, 11) is 0. The van der Waals surface area contributed by atoms with Crippen molar-refractivity contribution in [2.75, 3.05) is 0 Å². The fourth-order valence-electron chi connectivity index (χ4n) is 0.805. The summed E-state index contributed by atoms with van der Waals surface area (Å²) in [5.74, 6) is 0. The van der Waals surface area contributed by atoms with Crippen molar-refractivity contribution < 1.29 is 0 Å². The SMILES string of the molecule is C=CC(=C/C)/C(C=C)=C\C.CC.CC.CC. The van der Waals surface area contributed by atoms with E-state index < -0.39 is 0 Å². The van der Waals surface area contributed by atoms with Gasteiger partial charge in [-0.25, -0.2) is 0 Å². The molecule has 0 rings (SSSR count). The van der Waals surface area contributed by atoms with Crippen LogP contribution < -0.4 is 0 Å². The number of allylic oxidation sites excluding steroid dienone is 6. The highest BCUT2D eigenvalue weighted by atomic mass is 14.0. The number of rotatable bonds is 3. The smallest absolute Gasteiger partial charge is 0.0236 e. The molecule has 0 aliphatic heterocycles. The Balaban J connectivity index is -0.000000103. The number of hydrogen-bond donors (Lipinski definition) is 0. The zero-order valence-electron chi connectivity index (χ0n) is 12.7. The zero-order valence-corrected chi connectivity index (χ0v) is 12.7. The van der Waals surface area contributed by atoms with Crippen LogP contribution in [0, 0.1) is 0 Å². The topological polar surface area (TPSA) is 0 Å². The summed E-state index contributed by atoms with van der Waals surface area (Å²) in [5.41, 5.74) is 2.27. The van der Waals surface area contributed by atoms with Gasteiger partial charge in [0.15, 0.2) is 0 Å². The molecule has 0 aliphatic carbocycles. The van der Waals surface area contributed by atoms with Crippen molar-refractivity contribution in [2.24, 2.45) is 0 Å². The van der Waals surface area contributed by atoms with Gasteiger partial charge in [0.1, 0.15) is 0 Å². The summed E-state index contributed by atoms with van der Waals surface area (Å²) in [4.78, 5) is 0. The molecule has 0 saturated heterocycles. The summed E-state index contributed by atoms with van der Waals surface area (Å²) >= 11 is 0. The highest BCUT2D eigenvalue weighted by Gasteiger charge is 1.91. The molecule has 0 spiro atoms. The van der Waals surface area contributed by atoms with Gasteiger partial charge in [-0.3, -0.25) is 0 Å². The van der Waals surface area contributed by atoms with Crippen molar-refractivity contribution in [2.45, 2.75) is 55.4 Å². The molecular formula is C16H32. The van der Waals surface area contributed by atoms with Gasteiger partial charge in [-0.15, -0.1) is 0 Å². The van der Waals surface area contributed by atoms with E-state index in [0.29, 0.717) is 0 Å². The second kappa shape index (κ2) is 29.2. The second-order valence-electron chi connectivity index (χ2n) is 1.90. The predicted octanol–water partition coefficient (Wildman–Crippen LogP) is 6.33. The average molecular weight is 224 g/mol. The van der Waals surface area contributed by atoms with E-state index in [1.807, 2.05) is 79.7 Å². The molecule has 0 heterocycles. The molecule has 0 aromatic carbocycles. The standard InChI is InChI=1S/C10H14.3C2H6/c1-5-9(6-2)10(7-3)8-4;3*1-2/h5-8H,1,3H2,2,4H3;3*1-2H3/b9-6-,10-8-;;;. The van der Waals surface area contributed by atoms with E-state index in [1.165, 1.54) is 0 Å². The molecule has 0 fully saturated rings. The van der Waals surface area contributed by atoms with Gasteiger partial charge in [0, 0.05) is 0 Å². The molecule has 0 amide bonds. The molecule has 0 bridgehead atoms. The zero-order chi connectivity index (χ0) is 14.0. The van der Waals surface area contributed by atoms with Crippen LogP contribution in [0.5, 0.6) is 0 Å². The average Bonchev–Trinajstić information content (AvgIpc) is 2.42. The molecule has 0 atom stereocenters. The minimum Gasteiger partial charge on any atom is -0.0985 e. The van der Waals surface area contributed by atoms with Crippen molar-refractivity contribution >= 4 is 0 Å². The summed E-state index contributed by atoms with van der Waals surface area (Å²) in [5, 5.41) is 0. The molecule has 0 unspecified atom stereocenters. The molecule has 96 valence electrons. The summed E-state index contributed by atoms with van der Waals surface area (Å²) < 4.78 is 0. The van der Waals surface area contributed by atoms with Crippen LogP contribution in [-0.2, 0) is 0 Å². The lowest BCUT2D eigenvalue weighted by molar-refractivity contribution is 1.48. The Hall–Kier alpha value is -1.04. The minimum absolute atomic E-state index is 1.14. The molecule has 0 saturated carbocycles. The third-order valence-corrected chi connectivity index (χ3v) is 1.40. The minimum atomic E-state index is 1.14. The summed E-state index contributed by atoms with van der Waals surface area (Å²) in [6.07, 6.45) is 7.70. The van der Waals surface area contributed by atoms with Crippen molar-refractivity contribution in [3.63, 3.8) is 0 Å². The first-order valence-electron chi connectivity index (χ1n) is 6.38. The van der Waals surface area contributed by atoms with Gasteiger partial charge in [-0.1, -0.05) is 79.0 Å². The summed E-state index contributed by atoms with van der Waals surface area (Å²) in [6, 6.07) is 0. The second-order valence-corrected chi connectivity index (χ2v) is 1.90. The maximum atomic E-state index is 3.69. The van der Waals surface area contributed by atoms with Crippen LogP contribution in [-0.4, -0.2) is 0 Å². The van der Waals surface area contributed by atoms with E-state index in [9.17, 15) is 0 Å². The van der Waals surface area contributed by atoms with Gasteiger partial charge < -0.3 is 0 Å². The fourth-order valence-corrected chi connectivity index (χ4v) is 0.805. The third kappa shape index (κ3) is 15.4. The first-order chi connectivity index (χ1) is 7.79. The third-order valence-electron chi connectivity index (χ3n) is 1.40. The lowest BCUT2D eigenvalue weighted by atomic mass is 10.1. The van der Waals surface area contributed by atoms with Crippen molar-refractivity contribution in [1.82, 2.24) is 0 Å². The maximum Gasteiger partial charge on any atom is -0.0236 e. The molecule has 0 aromatic heterocycles. The van der Waals surface area contributed by atoms with E-state index in [2.05, 4.69) is 13.2 Å². The van der Waals surface area contributed by atoms with E-state index in [-0.39, 0.29) is 0 Å². The van der Waals surface area contributed by atoms with Gasteiger partial charge in [0.2, 0.25) is 0 Å². The van der Waals surface area contributed by atoms with Crippen LogP contribution in [0.4, 0.5) is 0 Å². The normalized spacial score (nSPS) is 9.25. The molecule has 0 heteroatoms. The monoisotopic (exact) mass is 224 g/mol. The Morgan fingerprint density at radius 1 is 0.625 bits per heavy atom. The van der Waals surface area contributed by atoms with Crippen LogP contribution in [0.15, 0.2) is 48.6 Å². The largest absolute Gasteiger partial charge is 0.0985 e. The van der Waals surface area contributed by atoms with Crippen molar-refractivity contribution in [1.29, 1.82) is 0 Å².